The Bertz CT molecular complexity index is 663. The number of amides is 2. The Balaban J connectivity index is 1.99. The predicted molar refractivity (Wildman–Crippen MR) is 88.1 cm³/mol. The molecule has 5 heteroatoms. The second kappa shape index (κ2) is 6.05. The fraction of sp³-hybridized carbons (Fsp3) is 0.353. The molecule has 22 heavy (non-hydrogen) atoms. The van der Waals surface area contributed by atoms with E-state index in [1.165, 1.54) is 0 Å². The Labute approximate surface area is 135 Å². The van der Waals surface area contributed by atoms with E-state index in [-0.39, 0.29) is 18.1 Å². The fourth-order valence-electron chi connectivity index (χ4n) is 2.93. The molecule has 0 radical (unpaired) electrons. The van der Waals surface area contributed by atoms with Crippen LogP contribution in [-0.4, -0.2) is 28.1 Å². The number of carbonyl (C=O) groups excluding carboxylic acids is 1. The Morgan fingerprint density at radius 2 is 1.95 bits per heavy atom. The molecule has 2 aromatic rings. The zero-order valence-electron chi connectivity index (χ0n) is 12.8. The van der Waals surface area contributed by atoms with Crippen molar-refractivity contribution in [3.63, 3.8) is 0 Å². The second-order valence-corrected chi connectivity index (χ2v) is 6.31. The summed E-state index contributed by atoms with van der Waals surface area (Å²) in [5, 5.41) is 3.70. The minimum absolute atomic E-state index is 0.0256. The van der Waals surface area contributed by atoms with E-state index in [2.05, 4.69) is 22.1 Å². The van der Waals surface area contributed by atoms with Gasteiger partial charge in [0, 0.05) is 36.0 Å². The van der Waals surface area contributed by atoms with Crippen LogP contribution >= 0.6 is 11.6 Å². The Kier molecular flexibility index (Phi) is 4.12. The van der Waals surface area contributed by atoms with Crippen LogP contribution in [0.4, 0.5) is 4.79 Å². The smallest absolute Gasteiger partial charge is 0.318 e. The zero-order valence-corrected chi connectivity index (χ0v) is 13.5. The van der Waals surface area contributed by atoms with E-state index in [1.54, 1.807) is 0 Å². The quantitative estimate of drug-likeness (QED) is 0.901. The molecule has 0 saturated carbocycles. The summed E-state index contributed by atoms with van der Waals surface area (Å²) < 4.78 is 2.21. The Hall–Kier alpha value is -1.94. The lowest BCUT2D eigenvalue weighted by Gasteiger charge is -2.37. The highest BCUT2D eigenvalue weighted by Gasteiger charge is 2.32. The van der Waals surface area contributed by atoms with Gasteiger partial charge in [-0.1, -0.05) is 23.7 Å². The van der Waals surface area contributed by atoms with Crippen molar-refractivity contribution < 1.29 is 4.79 Å². The molecule has 0 aliphatic carbocycles. The first-order valence-electron chi connectivity index (χ1n) is 7.54. The fourth-order valence-corrected chi connectivity index (χ4v) is 3.05. The molecule has 0 bridgehead atoms. The molecule has 0 spiro atoms. The maximum atomic E-state index is 12.6. The van der Waals surface area contributed by atoms with Crippen LogP contribution in [-0.2, 0) is 6.54 Å². The van der Waals surface area contributed by atoms with Crippen molar-refractivity contribution in [2.24, 2.45) is 0 Å². The van der Waals surface area contributed by atoms with Crippen LogP contribution in [0.1, 0.15) is 31.1 Å². The van der Waals surface area contributed by atoms with Gasteiger partial charge in [-0.15, -0.1) is 0 Å². The molecule has 1 aliphatic heterocycles. The van der Waals surface area contributed by atoms with Crippen LogP contribution in [0.3, 0.4) is 0 Å². The summed E-state index contributed by atoms with van der Waals surface area (Å²) in [6.07, 6.45) is 2.07. The summed E-state index contributed by atoms with van der Waals surface area (Å²) in [7, 11) is 0. The summed E-state index contributed by atoms with van der Waals surface area (Å²) in [4.78, 5) is 14.5. The van der Waals surface area contributed by atoms with Gasteiger partial charge < -0.3 is 14.8 Å². The summed E-state index contributed by atoms with van der Waals surface area (Å²) in [5.41, 5.74) is 2.20. The van der Waals surface area contributed by atoms with Crippen molar-refractivity contribution in [3.05, 3.63) is 58.9 Å². The van der Waals surface area contributed by atoms with Crippen LogP contribution in [0.5, 0.6) is 0 Å². The topological polar surface area (TPSA) is 37.3 Å². The van der Waals surface area contributed by atoms with Crippen LogP contribution < -0.4 is 5.32 Å². The van der Waals surface area contributed by atoms with Gasteiger partial charge in [0.05, 0.1) is 6.04 Å². The molecule has 1 aliphatic rings. The lowest BCUT2D eigenvalue weighted by molar-refractivity contribution is 0.166. The van der Waals surface area contributed by atoms with Crippen LogP contribution in [0.25, 0.3) is 0 Å². The molecular weight excluding hydrogens is 298 g/mol. The van der Waals surface area contributed by atoms with Crippen molar-refractivity contribution >= 4 is 17.6 Å². The number of hydrogen-bond donors (Lipinski definition) is 1. The minimum Gasteiger partial charge on any atom is -0.348 e. The van der Waals surface area contributed by atoms with Gasteiger partial charge in [-0.2, -0.15) is 0 Å². The summed E-state index contributed by atoms with van der Waals surface area (Å²) in [5.74, 6) is 0. The van der Waals surface area contributed by atoms with Crippen LogP contribution in [0.2, 0.25) is 5.02 Å². The Morgan fingerprint density at radius 3 is 2.64 bits per heavy atom. The number of urea groups is 1. The van der Waals surface area contributed by atoms with Gasteiger partial charge in [-0.25, -0.2) is 4.79 Å². The molecule has 1 N–H and O–H groups in total. The van der Waals surface area contributed by atoms with Gasteiger partial charge in [0.1, 0.15) is 0 Å². The van der Waals surface area contributed by atoms with Crippen LogP contribution in [0.15, 0.2) is 42.6 Å². The first-order chi connectivity index (χ1) is 10.6. The molecule has 2 amide bonds. The number of nitrogens with one attached hydrogen (secondary N) is 1. The molecule has 3 rings (SSSR count). The van der Waals surface area contributed by atoms with E-state index in [1.807, 2.05) is 49.1 Å². The largest absolute Gasteiger partial charge is 0.348 e. The number of rotatable bonds is 2. The zero-order chi connectivity index (χ0) is 15.7. The summed E-state index contributed by atoms with van der Waals surface area (Å²) >= 11 is 6.00. The number of aromatic nitrogens is 1. The van der Waals surface area contributed by atoms with Crippen molar-refractivity contribution in [1.82, 2.24) is 14.8 Å². The van der Waals surface area contributed by atoms with Crippen molar-refractivity contribution in [3.8, 4) is 0 Å². The third kappa shape index (κ3) is 2.83. The van der Waals surface area contributed by atoms with E-state index in [0.29, 0.717) is 11.6 Å². The first-order valence-corrected chi connectivity index (χ1v) is 7.91. The maximum Gasteiger partial charge on any atom is 0.318 e. The van der Waals surface area contributed by atoms with Crippen molar-refractivity contribution in [1.29, 1.82) is 0 Å². The van der Waals surface area contributed by atoms with Gasteiger partial charge in [0.2, 0.25) is 0 Å². The van der Waals surface area contributed by atoms with Crippen LogP contribution in [0, 0.1) is 0 Å². The highest BCUT2D eigenvalue weighted by molar-refractivity contribution is 6.30. The second-order valence-electron chi connectivity index (χ2n) is 5.88. The molecule has 1 unspecified atom stereocenters. The number of hydrogen-bond acceptors (Lipinski definition) is 1. The first kappa shape index (κ1) is 15.0. The van der Waals surface area contributed by atoms with Crippen molar-refractivity contribution in [2.75, 3.05) is 6.54 Å². The number of fused-ring (bicyclic) bond motifs is 1. The SMILES string of the molecule is CC(C)NC(=O)N1CCn2cccc2C1c1ccc(Cl)cc1. The van der Waals surface area contributed by atoms with Gasteiger partial charge in [-0.3, -0.25) is 0 Å². The van der Waals surface area contributed by atoms with E-state index in [0.717, 1.165) is 17.8 Å². The summed E-state index contributed by atoms with van der Waals surface area (Å²) in [6, 6.07) is 11.8. The van der Waals surface area contributed by atoms with Gasteiger partial charge in [0.15, 0.2) is 0 Å². The molecule has 116 valence electrons. The van der Waals surface area contributed by atoms with E-state index >= 15 is 0 Å². The highest BCUT2D eigenvalue weighted by atomic mass is 35.5. The lowest BCUT2D eigenvalue weighted by Crippen LogP contribution is -2.48. The molecule has 1 atom stereocenters. The molecule has 0 saturated heterocycles. The third-order valence-electron chi connectivity index (χ3n) is 3.90. The highest BCUT2D eigenvalue weighted by Crippen LogP contribution is 2.32. The normalized spacial score (nSPS) is 17.5. The number of benzene rings is 1. The summed E-state index contributed by atoms with van der Waals surface area (Å²) in [6.45, 7) is 5.45. The van der Waals surface area contributed by atoms with Crippen molar-refractivity contribution in [2.45, 2.75) is 32.5 Å². The number of nitrogens with zero attached hydrogens (tertiary/aromatic N) is 2. The molecule has 0 fully saturated rings. The Morgan fingerprint density at radius 1 is 1.23 bits per heavy atom. The average molecular weight is 318 g/mol. The van der Waals surface area contributed by atoms with E-state index in [9.17, 15) is 4.79 Å². The lowest BCUT2D eigenvalue weighted by atomic mass is 10.0. The van der Waals surface area contributed by atoms with Gasteiger partial charge in [0.25, 0.3) is 0 Å². The molecule has 4 nitrogen and oxygen atoms in total. The molecule has 1 aromatic carbocycles. The van der Waals surface area contributed by atoms with Gasteiger partial charge >= 0.3 is 6.03 Å². The number of carbonyl (C=O) groups is 1. The minimum atomic E-state index is -0.0835. The van der Waals surface area contributed by atoms with E-state index < -0.39 is 0 Å². The average Bonchev–Trinajstić information content (AvgIpc) is 2.95. The molecule has 1 aromatic heterocycles. The maximum absolute atomic E-state index is 12.6. The van der Waals surface area contributed by atoms with E-state index in [4.69, 9.17) is 11.6 Å². The third-order valence-corrected chi connectivity index (χ3v) is 4.15. The molecular formula is C17H20ClN3O. The number of halogens is 1. The molecule has 2 heterocycles. The van der Waals surface area contributed by atoms with Gasteiger partial charge in [-0.05, 0) is 43.7 Å². The standard InChI is InChI=1S/C17H20ClN3O/c1-12(2)19-17(22)21-11-10-20-9-3-4-15(20)16(21)13-5-7-14(18)8-6-13/h3-9,12,16H,10-11H2,1-2H3,(H,19,22). The predicted octanol–water partition coefficient (Wildman–Crippen LogP) is 3.66. The monoisotopic (exact) mass is 317 g/mol.